The number of ether oxygens (including phenoxy) is 1. The molecule has 0 atom stereocenters. The van der Waals surface area contributed by atoms with Crippen LogP contribution in [0.5, 0.6) is 0 Å². The van der Waals surface area contributed by atoms with Gasteiger partial charge in [0, 0.05) is 23.4 Å². The van der Waals surface area contributed by atoms with E-state index in [1.165, 1.54) is 6.08 Å². The molecule has 1 aliphatic heterocycles. The highest BCUT2D eigenvalue weighted by molar-refractivity contribution is 8.14. The van der Waals surface area contributed by atoms with E-state index in [0.717, 1.165) is 28.5 Å². The maximum Gasteiger partial charge on any atom is 0.333 e. The molecule has 21 heavy (non-hydrogen) atoms. The second kappa shape index (κ2) is 5.84. The van der Waals surface area contributed by atoms with Crippen molar-refractivity contribution in [3.63, 3.8) is 0 Å². The number of hydrogen-bond acceptors (Lipinski definition) is 6. The van der Waals surface area contributed by atoms with Gasteiger partial charge in [-0.05, 0) is 12.1 Å². The van der Waals surface area contributed by atoms with E-state index in [-0.39, 0.29) is 11.8 Å². The number of pyridine rings is 1. The summed E-state index contributed by atoms with van der Waals surface area (Å²) in [6, 6.07) is 9.62. The summed E-state index contributed by atoms with van der Waals surface area (Å²) in [6.45, 7) is 0.0999. The van der Waals surface area contributed by atoms with E-state index in [9.17, 15) is 9.59 Å². The number of para-hydroxylation sites is 1. The van der Waals surface area contributed by atoms with Crippen molar-refractivity contribution in [1.29, 1.82) is 0 Å². The van der Waals surface area contributed by atoms with Gasteiger partial charge in [0.1, 0.15) is 6.61 Å². The molecule has 2 aromatic rings. The molecule has 1 aromatic carbocycles. The van der Waals surface area contributed by atoms with Crippen molar-refractivity contribution in [2.75, 3.05) is 11.3 Å². The monoisotopic (exact) mass is 301 g/mol. The number of amides is 1. The van der Waals surface area contributed by atoms with Crippen molar-refractivity contribution in [2.24, 2.45) is 0 Å². The van der Waals surface area contributed by atoms with Crippen LogP contribution in [0.25, 0.3) is 10.9 Å². The summed E-state index contributed by atoms with van der Waals surface area (Å²) in [5, 5.41) is 3.23. The number of aromatic nitrogens is 1. The summed E-state index contributed by atoms with van der Waals surface area (Å²) in [6.07, 6.45) is 2.92. The zero-order valence-corrected chi connectivity index (χ0v) is 11.6. The summed E-state index contributed by atoms with van der Waals surface area (Å²) in [7, 11) is 0. The molecular weight excluding hydrogens is 290 g/mol. The number of fused-ring (bicyclic) bond motifs is 1. The Bertz CT molecular complexity index is 745. The Kier molecular flexibility index (Phi) is 3.74. The molecule has 0 radical (unpaired) electrons. The Labute approximate surface area is 124 Å². The van der Waals surface area contributed by atoms with E-state index in [0.29, 0.717) is 5.70 Å². The molecule has 0 unspecified atom stereocenters. The van der Waals surface area contributed by atoms with Gasteiger partial charge in [0.05, 0.1) is 23.1 Å². The first-order chi connectivity index (χ1) is 10.2. The van der Waals surface area contributed by atoms with Crippen LogP contribution in [0.15, 0.2) is 48.3 Å². The van der Waals surface area contributed by atoms with Crippen molar-refractivity contribution < 1.29 is 14.3 Å². The Morgan fingerprint density at radius 2 is 2.19 bits per heavy atom. The maximum atomic E-state index is 11.7. The summed E-state index contributed by atoms with van der Waals surface area (Å²) in [4.78, 5) is 26.9. The predicted molar refractivity (Wildman–Crippen MR) is 80.5 cm³/mol. The van der Waals surface area contributed by atoms with E-state index < -0.39 is 5.97 Å². The summed E-state index contributed by atoms with van der Waals surface area (Å²) >= 11 is 0.878. The number of nitrogens with one attached hydrogen (secondary N) is 2. The van der Waals surface area contributed by atoms with E-state index in [1.54, 1.807) is 6.20 Å². The maximum absolute atomic E-state index is 11.7. The predicted octanol–water partition coefficient (Wildman–Crippen LogP) is 2.45. The molecule has 2 N–H and O–H groups in total. The Morgan fingerprint density at radius 1 is 1.33 bits per heavy atom. The molecule has 0 bridgehead atoms. The van der Waals surface area contributed by atoms with Gasteiger partial charge in [-0.1, -0.05) is 18.2 Å². The van der Waals surface area contributed by atoms with Crippen molar-refractivity contribution in [3.05, 3.63) is 48.3 Å². The van der Waals surface area contributed by atoms with Gasteiger partial charge in [0.2, 0.25) is 0 Å². The SMILES string of the molecule is O=C1C=C(NC(=O)SNc2cnc3ccccc3c2)CO1. The number of nitrogens with zero attached hydrogens (tertiary/aromatic N) is 1. The zero-order chi connectivity index (χ0) is 14.7. The topological polar surface area (TPSA) is 80.3 Å². The lowest BCUT2D eigenvalue weighted by molar-refractivity contribution is -0.134. The summed E-state index contributed by atoms with van der Waals surface area (Å²) in [5.74, 6) is -0.443. The van der Waals surface area contributed by atoms with E-state index >= 15 is 0 Å². The number of esters is 1. The van der Waals surface area contributed by atoms with Crippen LogP contribution < -0.4 is 10.0 Å². The average molecular weight is 301 g/mol. The molecule has 3 rings (SSSR count). The lowest BCUT2D eigenvalue weighted by Crippen LogP contribution is -2.20. The van der Waals surface area contributed by atoms with Crippen LogP contribution in [0.1, 0.15) is 0 Å². The summed E-state index contributed by atoms with van der Waals surface area (Å²) in [5.41, 5.74) is 2.07. The Balaban J connectivity index is 1.59. The quantitative estimate of drug-likeness (QED) is 0.669. The highest BCUT2D eigenvalue weighted by atomic mass is 32.2. The van der Waals surface area contributed by atoms with Crippen molar-refractivity contribution >= 4 is 39.7 Å². The summed E-state index contributed by atoms with van der Waals surface area (Å²) < 4.78 is 7.60. The second-order valence-electron chi connectivity index (χ2n) is 4.31. The average Bonchev–Trinajstić information content (AvgIpc) is 2.90. The molecule has 6 nitrogen and oxygen atoms in total. The van der Waals surface area contributed by atoms with Crippen LogP contribution in [0.4, 0.5) is 10.5 Å². The third kappa shape index (κ3) is 3.32. The van der Waals surface area contributed by atoms with Crippen LogP contribution >= 0.6 is 11.9 Å². The van der Waals surface area contributed by atoms with Gasteiger partial charge in [-0.2, -0.15) is 0 Å². The number of cyclic esters (lactones) is 1. The number of carbonyl (C=O) groups excluding carboxylic acids is 2. The molecule has 0 aliphatic carbocycles. The number of anilines is 1. The molecule has 0 saturated carbocycles. The van der Waals surface area contributed by atoms with Crippen LogP contribution in [0.3, 0.4) is 0 Å². The third-order valence-electron chi connectivity index (χ3n) is 2.78. The van der Waals surface area contributed by atoms with Crippen molar-refractivity contribution in [2.45, 2.75) is 0 Å². The highest BCUT2D eigenvalue weighted by Gasteiger charge is 2.15. The minimum Gasteiger partial charge on any atom is -0.456 e. The molecule has 1 aliphatic rings. The van der Waals surface area contributed by atoms with Crippen molar-refractivity contribution in [3.8, 4) is 0 Å². The number of carbonyl (C=O) groups is 2. The van der Waals surface area contributed by atoms with Gasteiger partial charge >= 0.3 is 11.2 Å². The molecular formula is C14H11N3O3S. The first kappa shape index (κ1) is 13.4. The van der Waals surface area contributed by atoms with Crippen LogP contribution in [0, 0.1) is 0 Å². The van der Waals surface area contributed by atoms with Crippen molar-refractivity contribution in [1.82, 2.24) is 10.3 Å². The fourth-order valence-electron chi connectivity index (χ4n) is 1.84. The van der Waals surface area contributed by atoms with Gasteiger partial charge in [-0.15, -0.1) is 0 Å². The van der Waals surface area contributed by atoms with Gasteiger partial charge in [-0.3, -0.25) is 9.78 Å². The van der Waals surface area contributed by atoms with Gasteiger partial charge in [-0.25, -0.2) is 4.79 Å². The number of rotatable bonds is 3. The molecule has 0 fully saturated rings. The van der Waals surface area contributed by atoms with Crippen LogP contribution in [-0.4, -0.2) is 22.8 Å². The Morgan fingerprint density at radius 3 is 3.00 bits per heavy atom. The van der Waals surface area contributed by atoms with Gasteiger partial charge in [0.15, 0.2) is 0 Å². The van der Waals surface area contributed by atoms with E-state index in [1.807, 2.05) is 30.3 Å². The van der Waals surface area contributed by atoms with Gasteiger partial charge < -0.3 is 14.8 Å². The minimum atomic E-state index is -0.443. The van der Waals surface area contributed by atoms with E-state index in [2.05, 4.69) is 15.0 Å². The molecule has 1 amide bonds. The fourth-order valence-corrected chi connectivity index (χ4v) is 2.34. The second-order valence-corrected chi connectivity index (χ2v) is 5.09. The molecule has 0 spiro atoms. The lowest BCUT2D eigenvalue weighted by Gasteiger charge is -2.06. The number of hydrogen-bond donors (Lipinski definition) is 2. The first-order valence-electron chi connectivity index (χ1n) is 6.17. The van der Waals surface area contributed by atoms with Crippen LogP contribution in [0.2, 0.25) is 0 Å². The third-order valence-corrected chi connectivity index (χ3v) is 3.40. The minimum absolute atomic E-state index is 0.0999. The molecule has 0 saturated heterocycles. The molecule has 7 heteroatoms. The first-order valence-corrected chi connectivity index (χ1v) is 6.98. The largest absolute Gasteiger partial charge is 0.456 e. The Hall–Kier alpha value is -2.54. The fraction of sp³-hybridized carbons (Fsp3) is 0.0714. The molecule has 1 aromatic heterocycles. The van der Waals surface area contributed by atoms with Crippen LogP contribution in [-0.2, 0) is 9.53 Å². The molecule has 106 valence electrons. The van der Waals surface area contributed by atoms with E-state index in [4.69, 9.17) is 4.74 Å². The standard InChI is InChI=1S/C14H11N3O3S/c18-13-6-11(8-20-13)16-14(19)21-17-10-5-9-3-1-2-4-12(9)15-7-10/h1-7,17H,8H2,(H,16,19). The number of benzene rings is 1. The smallest absolute Gasteiger partial charge is 0.333 e. The zero-order valence-electron chi connectivity index (χ0n) is 10.8. The normalized spacial score (nSPS) is 13.7. The highest BCUT2D eigenvalue weighted by Crippen LogP contribution is 2.19. The molecule has 2 heterocycles. The van der Waals surface area contributed by atoms with Gasteiger partial charge in [0.25, 0.3) is 0 Å². The lowest BCUT2D eigenvalue weighted by atomic mass is 10.2.